The van der Waals surface area contributed by atoms with Crippen LogP contribution >= 0.6 is 0 Å². The van der Waals surface area contributed by atoms with E-state index in [-0.39, 0.29) is 11.4 Å². The second-order valence-electron chi connectivity index (χ2n) is 3.02. The van der Waals surface area contributed by atoms with Gasteiger partial charge in [-0.05, 0) is 19.1 Å². The Morgan fingerprint density at radius 1 is 0.875 bits per heavy atom. The summed E-state index contributed by atoms with van der Waals surface area (Å²) in [6.07, 6.45) is 0. The predicted molar refractivity (Wildman–Crippen MR) is 47.7 cm³/mol. The maximum atomic E-state index is 12.9. The number of rotatable bonds is 1. The van der Waals surface area contributed by atoms with Gasteiger partial charge in [-0.1, -0.05) is 0 Å². The van der Waals surface area contributed by atoms with Crippen molar-refractivity contribution in [2.75, 3.05) is 0 Å². The number of halogens is 3. The highest BCUT2D eigenvalue weighted by molar-refractivity contribution is 5.53. The molecule has 7 heteroatoms. The summed E-state index contributed by atoms with van der Waals surface area (Å²) in [7, 11) is 0. The first-order chi connectivity index (χ1) is 7.58. The molecule has 2 rings (SSSR count). The zero-order valence-corrected chi connectivity index (χ0v) is 8.08. The fourth-order valence-corrected chi connectivity index (χ4v) is 1.08. The Hall–Kier alpha value is -2.05. The van der Waals surface area contributed by atoms with E-state index in [0.29, 0.717) is 5.82 Å². The quantitative estimate of drug-likeness (QED) is 0.694. The van der Waals surface area contributed by atoms with Crippen LogP contribution in [0.25, 0.3) is 11.4 Å². The number of benzene rings is 1. The van der Waals surface area contributed by atoms with Gasteiger partial charge in [0, 0.05) is 5.56 Å². The van der Waals surface area contributed by atoms with Gasteiger partial charge in [0.25, 0.3) is 0 Å². The van der Waals surface area contributed by atoms with E-state index in [0.717, 1.165) is 12.1 Å². The van der Waals surface area contributed by atoms with Crippen LogP contribution in [0.2, 0.25) is 0 Å². The van der Waals surface area contributed by atoms with E-state index in [1.807, 2.05) is 0 Å². The van der Waals surface area contributed by atoms with Crippen LogP contribution in [0.3, 0.4) is 0 Å². The van der Waals surface area contributed by atoms with Gasteiger partial charge in [-0.25, -0.2) is 13.2 Å². The highest BCUT2D eigenvalue weighted by atomic mass is 19.2. The van der Waals surface area contributed by atoms with Gasteiger partial charge in [-0.3, -0.25) is 0 Å². The summed E-state index contributed by atoms with van der Waals surface area (Å²) in [6.45, 7) is 1.57. The Kier molecular flexibility index (Phi) is 2.51. The van der Waals surface area contributed by atoms with Crippen LogP contribution in [-0.2, 0) is 0 Å². The van der Waals surface area contributed by atoms with Crippen molar-refractivity contribution in [3.63, 3.8) is 0 Å². The van der Waals surface area contributed by atoms with Crippen LogP contribution in [0, 0.1) is 24.4 Å². The van der Waals surface area contributed by atoms with Crippen LogP contribution < -0.4 is 0 Å². The third-order valence-corrected chi connectivity index (χ3v) is 1.82. The normalized spacial score (nSPS) is 10.5. The summed E-state index contributed by atoms with van der Waals surface area (Å²) < 4.78 is 38.5. The molecular weight excluding hydrogens is 221 g/mol. The van der Waals surface area contributed by atoms with Crippen LogP contribution in [0.5, 0.6) is 0 Å². The lowest BCUT2D eigenvalue weighted by atomic mass is 10.2. The van der Waals surface area contributed by atoms with Crippen molar-refractivity contribution in [2.45, 2.75) is 6.92 Å². The maximum absolute atomic E-state index is 12.9. The number of aryl methyl sites for hydroxylation is 1. The van der Waals surface area contributed by atoms with E-state index >= 15 is 0 Å². The average Bonchev–Trinajstić information content (AvgIpc) is 2.26. The van der Waals surface area contributed by atoms with Crippen molar-refractivity contribution < 1.29 is 13.2 Å². The molecule has 0 aliphatic heterocycles. The molecule has 82 valence electrons. The lowest BCUT2D eigenvalue weighted by Gasteiger charge is -2.00. The van der Waals surface area contributed by atoms with Gasteiger partial charge in [0.2, 0.25) is 5.82 Å². The SMILES string of the molecule is Cc1nnc(-c2cc(F)c(F)c(F)c2)nn1. The molecule has 0 aliphatic rings. The molecule has 0 radical (unpaired) electrons. The first kappa shape index (κ1) is 10.5. The molecular formula is C9H5F3N4. The number of hydrogen-bond acceptors (Lipinski definition) is 4. The summed E-state index contributed by atoms with van der Waals surface area (Å²) in [5.74, 6) is -3.88. The second kappa shape index (κ2) is 3.84. The monoisotopic (exact) mass is 226 g/mol. The first-order valence-corrected chi connectivity index (χ1v) is 4.27. The van der Waals surface area contributed by atoms with Crippen molar-refractivity contribution in [3.05, 3.63) is 35.4 Å². The summed E-state index contributed by atoms with van der Waals surface area (Å²) in [6, 6.07) is 1.57. The number of aromatic nitrogens is 4. The van der Waals surface area contributed by atoms with Crippen LogP contribution in [-0.4, -0.2) is 20.4 Å². The standard InChI is InChI=1S/C9H5F3N4/c1-4-13-15-9(16-14-4)5-2-6(10)8(12)7(11)3-5/h2-3H,1H3. The molecule has 1 aromatic carbocycles. The molecule has 0 saturated carbocycles. The molecule has 0 unspecified atom stereocenters. The highest BCUT2D eigenvalue weighted by Crippen LogP contribution is 2.19. The molecule has 1 aromatic heterocycles. The molecule has 2 aromatic rings. The second-order valence-corrected chi connectivity index (χ2v) is 3.02. The van der Waals surface area contributed by atoms with E-state index < -0.39 is 17.5 Å². The van der Waals surface area contributed by atoms with Crippen molar-refractivity contribution >= 4 is 0 Å². The smallest absolute Gasteiger partial charge is 0.203 e. The largest absolute Gasteiger partial charge is 0.204 e. The van der Waals surface area contributed by atoms with Crippen LogP contribution in [0.1, 0.15) is 5.82 Å². The van der Waals surface area contributed by atoms with Gasteiger partial charge in [-0.2, -0.15) is 0 Å². The lowest BCUT2D eigenvalue weighted by Crippen LogP contribution is -2.00. The van der Waals surface area contributed by atoms with Crippen molar-refractivity contribution in [2.24, 2.45) is 0 Å². The van der Waals surface area contributed by atoms with E-state index in [9.17, 15) is 13.2 Å². The molecule has 0 spiro atoms. The third-order valence-electron chi connectivity index (χ3n) is 1.82. The summed E-state index contributed by atoms with van der Waals surface area (Å²) in [4.78, 5) is 0. The van der Waals surface area contributed by atoms with Gasteiger partial charge in [-0.15, -0.1) is 20.4 Å². The minimum Gasteiger partial charge on any atom is -0.204 e. The highest BCUT2D eigenvalue weighted by Gasteiger charge is 2.13. The fourth-order valence-electron chi connectivity index (χ4n) is 1.08. The van der Waals surface area contributed by atoms with Gasteiger partial charge >= 0.3 is 0 Å². The van der Waals surface area contributed by atoms with E-state index in [2.05, 4.69) is 20.4 Å². The van der Waals surface area contributed by atoms with Gasteiger partial charge in [0.1, 0.15) is 0 Å². The van der Waals surface area contributed by atoms with E-state index in [4.69, 9.17) is 0 Å². The van der Waals surface area contributed by atoms with Gasteiger partial charge < -0.3 is 0 Å². The molecule has 0 fully saturated rings. The molecule has 0 bridgehead atoms. The number of nitrogens with zero attached hydrogens (tertiary/aromatic N) is 4. The van der Waals surface area contributed by atoms with Crippen LogP contribution in [0.15, 0.2) is 12.1 Å². The maximum Gasteiger partial charge on any atom is 0.203 e. The third kappa shape index (κ3) is 1.83. The Morgan fingerprint density at radius 3 is 1.88 bits per heavy atom. The number of hydrogen-bond donors (Lipinski definition) is 0. The lowest BCUT2D eigenvalue weighted by molar-refractivity contribution is 0.447. The zero-order valence-electron chi connectivity index (χ0n) is 8.08. The Balaban J connectivity index is 2.52. The Labute approximate surface area is 88.2 Å². The van der Waals surface area contributed by atoms with Gasteiger partial charge in [0.15, 0.2) is 23.3 Å². The predicted octanol–water partition coefficient (Wildman–Crippen LogP) is 1.66. The summed E-state index contributed by atoms with van der Waals surface area (Å²) in [5, 5.41) is 14.3. The molecule has 16 heavy (non-hydrogen) atoms. The Bertz CT molecular complexity index is 504. The topological polar surface area (TPSA) is 51.6 Å². The van der Waals surface area contributed by atoms with Crippen LogP contribution in [0.4, 0.5) is 13.2 Å². The molecule has 1 heterocycles. The molecule has 0 atom stereocenters. The fraction of sp³-hybridized carbons (Fsp3) is 0.111. The summed E-state index contributed by atoms with van der Waals surface area (Å²) >= 11 is 0. The molecule has 0 N–H and O–H groups in total. The van der Waals surface area contributed by atoms with Crippen molar-refractivity contribution in [1.82, 2.24) is 20.4 Å². The Morgan fingerprint density at radius 2 is 1.38 bits per heavy atom. The molecule has 0 saturated heterocycles. The van der Waals surface area contributed by atoms with Crippen molar-refractivity contribution in [1.29, 1.82) is 0 Å². The minimum atomic E-state index is -1.53. The van der Waals surface area contributed by atoms with E-state index in [1.54, 1.807) is 6.92 Å². The molecule has 4 nitrogen and oxygen atoms in total. The van der Waals surface area contributed by atoms with Crippen molar-refractivity contribution in [3.8, 4) is 11.4 Å². The first-order valence-electron chi connectivity index (χ1n) is 4.27. The average molecular weight is 226 g/mol. The summed E-state index contributed by atoms with van der Waals surface area (Å²) in [5.41, 5.74) is -0.0172. The van der Waals surface area contributed by atoms with Gasteiger partial charge in [0.05, 0.1) is 0 Å². The molecule has 0 aliphatic carbocycles. The molecule has 0 amide bonds. The van der Waals surface area contributed by atoms with E-state index in [1.165, 1.54) is 0 Å². The minimum absolute atomic E-state index is 0.0172. The zero-order chi connectivity index (χ0) is 11.7.